The summed E-state index contributed by atoms with van der Waals surface area (Å²) in [5.74, 6) is 1.89. The van der Waals surface area contributed by atoms with Gasteiger partial charge in [0.15, 0.2) is 0 Å². The van der Waals surface area contributed by atoms with Gasteiger partial charge in [0.2, 0.25) is 0 Å². The first-order valence-electron chi connectivity index (χ1n) is 5.11. The molecule has 0 bridgehead atoms. The van der Waals surface area contributed by atoms with E-state index in [2.05, 4.69) is 25.7 Å². The van der Waals surface area contributed by atoms with E-state index in [1.54, 1.807) is 0 Å². The van der Waals surface area contributed by atoms with E-state index in [1.807, 2.05) is 0 Å². The van der Waals surface area contributed by atoms with Crippen molar-refractivity contribution in [2.45, 2.75) is 33.1 Å². The number of hydrogen-bond acceptors (Lipinski definition) is 1. The lowest BCUT2D eigenvalue weighted by Crippen LogP contribution is -2.24. The molecule has 1 nitrogen and oxygen atoms in total. The molecular weight excluding hydrogens is 146 g/mol. The Kier molecular flexibility index (Phi) is 3.80. The van der Waals surface area contributed by atoms with Crippen LogP contribution in [0.15, 0.2) is 12.2 Å². The van der Waals surface area contributed by atoms with E-state index in [9.17, 15) is 0 Å². The van der Waals surface area contributed by atoms with Crippen molar-refractivity contribution >= 4 is 0 Å². The first kappa shape index (κ1) is 9.79. The molecule has 0 heterocycles. The fraction of sp³-hybridized carbons (Fsp3) is 0.818. The highest BCUT2D eigenvalue weighted by Gasteiger charge is 2.27. The number of nitrogens with one attached hydrogen (secondary N) is 1. The van der Waals surface area contributed by atoms with E-state index < -0.39 is 0 Å². The lowest BCUT2D eigenvalue weighted by molar-refractivity contribution is 0.471. The Labute approximate surface area is 76.2 Å². The molecule has 0 aliphatic heterocycles. The van der Waals surface area contributed by atoms with Gasteiger partial charge in [-0.15, -0.1) is 0 Å². The Morgan fingerprint density at radius 3 is 2.75 bits per heavy atom. The molecule has 1 unspecified atom stereocenters. The van der Waals surface area contributed by atoms with Crippen LogP contribution in [0.25, 0.3) is 0 Å². The first-order valence-corrected chi connectivity index (χ1v) is 5.11. The maximum Gasteiger partial charge on any atom is 0.0161 e. The molecule has 70 valence electrons. The molecule has 1 N–H and O–H groups in total. The van der Waals surface area contributed by atoms with Crippen molar-refractivity contribution in [2.24, 2.45) is 11.8 Å². The normalized spacial score (nSPS) is 19.2. The van der Waals surface area contributed by atoms with Crippen molar-refractivity contribution in [2.75, 3.05) is 13.1 Å². The monoisotopic (exact) mass is 167 g/mol. The van der Waals surface area contributed by atoms with Crippen molar-refractivity contribution < 1.29 is 0 Å². The Hall–Kier alpha value is -0.300. The molecule has 0 aromatic heterocycles. The van der Waals surface area contributed by atoms with Crippen LogP contribution in [0.5, 0.6) is 0 Å². The fourth-order valence-electron chi connectivity index (χ4n) is 1.43. The second-order valence-corrected chi connectivity index (χ2v) is 4.05. The predicted octanol–water partition coefficient (Wildman–Crippen LogP) is 2.59. The van der Waals surface area contributed by atoms with Gasteiger partial charge < -0.3 is 5.32 Å². The second kappa shape index (κ2) is 4.66. The Balaban J connectivity index is 1.97. The van der Waals surface area contributed by atoms with Gasteiger partial charge >= 0.3 is 0 Å². The molecule has 0 saturated heterocycles. The molecule has 12 heavy (non-hydrogen) atoms. The first-order chi connectivity index (χ1) is 5.74. The number of rotatable bonds is 6. The van der Waals surface area contributed by atoms with Gasteiger partial charge in [-0.1, -0.05) is 26.0 Å². The molecule has 1 fully saturated rings. The van der Waals surface area contributed by atoms with E-state index >= 15 is 0 Å². The SMILES string of the molecule is C=C(CC)CNCC(C)C1CC1. The van der Waals surface area contributed by atoms with E-state index in [0.29, 0.717) is 0 Å². The molecule has 1 saturated carbocycles. The Morgan fingerprint density at radius 1 is 1.58 bits per heavy atom. The summed E-state index contributed by atoms with van der Waals surface area (Å²) in [4.78, 5) is 0. The average molecular weight is 167 g/mol. The smallest absolute Gasteiger partial charge is 0.0161 e. The molecule has 0 aromatic carbocycles. The molecule has 0 spiro atoms. The van der Waals surface area contributed by atoms with E-state index in [0.717, 1.165) is 24.8 Å². The minimum atomic E-state index is 0.870. The summed E-state index contributed by atoms with van der Waals surface area (Å²) in [6.45, 7) is 10.7. The maximum absolute atomic E-state index is 3.97. The van der Waals surface area contributed by atoms with Crippen molar-refractivity contribution in [1.29, 1.82) is 0 Å². The van der Waals surface area contributed by atoms with Gasteiger partial charge in [0.25, 0.3) is 0 Å². The summed E-state index contributed by atoms with van der Waals surface area (Å²) in [5, 5.41) is 3.46. The van der Waals surface area contributed by atoms with Gasteiger partial charge in [-0.2, -0.15) is 0 Å². The van der Waals surface area contributed by atoms with Crippen molar-refractivity contribution in [3.63, 3.8) is 0 Å². The van der Waals surface area contributed by atoms with Gasteiger partial charge in [-0.3, -0.25) is 0 Å². The third kappa shape index (κ3) is 3.40. The summed E-state index contributed by atoms with van der Waals surface area (Å²) in [6.07, 6.45) is 4.01. The Bertz CT molecular complexity index is 147. The van der Waals surface area contributed by atoms with Crippen LogP contribution >= 0.6 is 0 Å². The van der Waals surface area contributed by atoms with E-state index in [1.165, 1.54) is 25.0 Å². The molecule has 0 amide bonds. The zero-order chi connectivity index (χ0) is 8.97. The minimum absolute atomic E-state index is 0.870. The van der Waals surface area contributed by atoms with Crippen LogP contribution in [0.3, 0.4) is 0 Å². The predicted molar refractivity (Wildman–Crippen MR) is 54.2 cm³/mol. The third-order valence-corrected chi connectivity index (χ3v) is 2.77. The zero-order valence-corrected chi connectivity index (χ0v) is 8.40. The standard InChI is InChI=1S/C11H21N/c1-4-9(2)7-12-8-10(3)11-5-6-11/h10-12H,2,4-8H2,1,3H3. The fourth-order valence-corrected chi connectivity index (χ4v) is 1.43. The van der Waals surface area contributed by atoms with Crippen LogP contribution < -0.4 is 5.32 Å². The summed E-state index contributed by atoms with van der Waals surface area (Å²) in [5.41, 5.74) is 1.32. The van der Waals surface area contributed by atoms with Crippen molar-refractivity contribution in [1.82, 2.24) is 5.32 Å². The zero-order valence-electron chi connectivity index (χ0n) is 8.40. The highest BCUT2D eigenvalue weighted by Crippen LogP contribution is 2.35. The molecule has 1 aliphatic rings. The lowest BCUT2D eigenvalue weighted by Gasteiger charge is -2.11. The van der Waals surface area contributed by atoms with Crippen LogP contribution in [0.1, 0.15) is 33.1 Å². The average Bonchev–Trinajstić information content (AvgIpc) is 2.86. The molecule has 1 heteroatoms. The molecule has 1 rings (SSSR count). The summed E-state index contributed by atoms with van der Waals surface area (Å²) in [7, 11) is 0. The highest BCUT2D eigenvalue weighted by molar-refractivity contribution is 4.95. The topological polar surface area (TPSA) is 12.0 Å². The van der Waals surface area contributed by atoms with Crippen LogP contribution in [0.2, 0.25) is 0 Å². The lowest BCUT2D eigenvalue weighted by atomic mass is 10.1. The minimum Gasteiger partial charge on any atom is -0.313 e. The summed E-state index contributed by atoms with van der Waals surface area (Å²) in [6, 6.07) is 0. The van der Waals surface area contributed by atoms with Crippen LogP contribution in [0, 0.1) is 11.8 Å². The number of hydrogen-bond donors (Lipinski definition) is 1. The van der Waals surface area contributed by atoms with Crippen LogP contribution in [-0.2, 0) is 0 Å². The van der Waals surface area contributed by atoms with Crippen molar-refractivity contribution in [3.8, 4) is 0 Å². The third-order valence-electron chi connectivity index (χ3n) is 2.77. The maximum atomic E-state index is 3.97. The van der Waals surface area contributed by atoms with Gasteiger partial charge in [-0.25, -0.2) is 0 Å². The van der Waals surface area contributed by atoms with E-state index in [-0.39, 0.29) is 0 Å². The van der Waals surface area contributed by atoms with Gasteiger partial charge in [-0.05, 0) is 37.6 Å². The Morgan fingerprint density at radius 2 is 2.25 bits per heavy atom. The van der Waals surface area contributed by atoms with E-state index in [4.69, 9.17) is 0 Å². The summed E-state index contributed by atoms with van der Waals surface area (Å²) >= 11 is 0. The van der Waals surface area contributed by atoms with Gasteiger partial charge in [0.05, 0.1) is 0 Å². The summed E-state index contributed by atoms with van der Waals surface area (Å²) < 4.78 is 0. The molecular formula is C11H21N. The van der Waals surface area contributed by atoms with Gasteiger partial charge in [0, 0.05) is 6.54 Å². The highest BCUT2D eigenvalue weighted by atomic mass is 14.9. The van der Waals surface area contributed by atoms with Gasteiger partial charge in [0.1, 0.15) is 0 Å². The largest absolute Gasteiger partial charge is 0.313 e. The molecule has 1 aliphatic carbocycles. The van der Waals surface area contributed by atoms with Crippen LogP contribution in [0.4, 0.5) is 0 Å². The molecule has 0 radical (unpaired) electrons. The molecule has 0 aromatic rings. The quantitative estimate of drug-likeness (QED) is 0.600. The van der Waals surface area contributed by atoms with Crippen molar-refractivity contribution in [3.05, 3.63) is 12.2 Å². The second-order valence-electron chi connectivity index (χ2n) is 4.05. The van der Waals surface area contributed by atoms with Crippen LogP contribution in [-0.4, -0.2) is 13.1 Å². The molecule has 1 atom stereocenters.